The minimum atomic E-state index is -0.201. The summed E-state index contributed by atoms with van der Waals surface area (Å²) in [5.41, 5.74) is 0. The van der Waals surface area contributed by atoms with Crippen LogP contribution in [0.25, 0.3) is 0 Å². The number of thiophene rings is 1. The third-order valence-corrected chi connectivity index (χ3v) is 3.42. The molecule has 0 saturated heterocycles. The summed E-state index contributed by atoms with van der Waals surface area (Å²) < 4.78 is 0. The molecule has 60 valence electrons. The number of hydrogen-bond acceptors (Lipinski definition) is 2. The molecule has 0 fully saturated rings. The standard InChI is InChI=1S/C7H8BrNOS/c1-9-7(10)6(8)5-3-2-4-11-5/h2-4,6H,1H3,(H,9,10). The van der Waals surface area contributed by atoms with Gasteiger partial charge in [-0.3, -0.25) is 4.79 Å². The largest absolute Gasteiger partial charge is 0.358 e. The molecule has 0 aliphatic carbocycles. The van der Waals surface area contributed by atoms with E-state index in [-0.39, 0.29) is 10.7 Å². The van der Waals surface area contributed by atoms with Crippen molar-refractivity contribution in [3.63, 3.8) is 0 Å². The molecule has 11 heavy (non-hydrogen) atoms. The lowest BCUT2D eigenvalue weighted by Gasteiger charge is -2.03. The second-order valence-corrected chi connectivity index (χ2v) is 3.89. The molecule has 0 spiro atoms. The fourth-order valence-electron chi connectivity index (χ4n) is 0.691. The van der Waals surface area contributed by atoms with Crippen molar-refractivity contribution in [3.05, 3.63) is 22.4 Å². The van der Waals surface area contributed by atoms with E-state index in [2.05, 4.69) is 21.2 Å². The Morgan fingerprint density at radius 3 is 3.00 bits per heavy atom. The summed E-state index contributed by atoms with van der Waals surface area (Å²) in [5.74, 6) is -0.00699. The zero-order valence-corrected chi connectivity index (χ0v) is 8.41. The van der Waals surface area contributed by atoms with Crippen LogP contribution in [-0.4, -0.2) is 13.0 Å². The summed E-state index contributed by atoms with van der Waals surface area (Å²) in [6, 6.07) is 3.86. The predicted molar refractivity (Wildman–Crippen MR) is 50.1 cm³/mol. The zero-order valence-electron chi connectivity index (χ0n) is 6.00. The van der Waals surface area contributed by atoms with E-state index in [0.29, 0.717) is 0 Å². The molecule has 0 radical (unpaired) electrons. The number of carbonyl (C=O) groups excluding carboxylic acids is 1. The van der Waals surface area contributed by atoms with E-state index in [4.69, 9.17) is 0 Å². The van der Waals surface area contributed by atoms with Crippen molar-refractivity contribution >= 4 is 33.2 Å². The molecule has 1 unspecified atom stereocenters. The van der Waals surface area contributed by atoms with E-state index in [1.54, 1.807) is 18.4 Å². The van der Waals surface area contributed by atoms with Crippen molar-refractivity contribution < 1.29 is 4.79 Å². The molecule has 1 amide bonds. The van der Waals surface area contributed by atoms with Crippen LogP contribution >= 0.6 is 27.3 Å². The molecule has 1 atom stereocenters. The zero-order chi connectivity index (χ0) is 8.27. The monoisotopic (exact) mass is 233 g/mol. The van der Waals surface area contributed by atoms with Crippen LogP contribution in [0.4, 0.5) is 0 Å². The van der Waals surface area contributed by atoms with Gasteiger partial charge in [0.15, 0.2) is 0 Å². The SMILES string of the molecule is CNC(=O)C(Br)c1cccs1. The van der Waals surface area contributed by atoms with Gasteiger partial charge in [0.1, 0.15) is 4.83 Å². The Bertz CT molecular complexity index is 235. The minimum Gasteiger partial charge on any atom is -0.358 e. The van der Waals surface area contributed by atoms with Crippen LogP contribution in [0.2, 0.25) is 0 Å². The highest BCUT2D eigenvalue weighted by atomic mass is 79.9. The number of rotatable bonds is 2. The summed E-state index contributed by atoms with van der Waals surface area (Å²) >= 11 is 4.86. The molecule has 0 aliphatic rings. The highest BCUT2D eigenvalue weighted by Crippen LogP contribution is 2.26. The molecular formula is C7H8BrNOS. The lowest BCUT2D eigenvalue weighted by atomic mass is 10.3. The van der Waals surface area contributed by atoms with Crippen LogP contribution in [0.3, 0.4) is 0 Å². The van der Waals surface area contributed by atoms with E-state index in [1.807, 2.05) is 17.5 Å². The van der Waals surface area contributed by atoms with Gasteiger partial charge in [0.2, 0.25) is 5.91 Å². The molecule has 0 aromatic carbocycles. The molecule has 1 heterocycles. The lowest BCUT2D eigenvalue weighted by molar-refractivity contribution is -0.120. The predicted octanol–water partition coefficient (Wildman–Crippen LogP) is 1.93. The van der Waals surface area contributed by atoms with Gasteiger partial charge in [-0.2, -0.15) is 0 Å². The van der Waals surface area contributed by atoms with Gasteiger partial charge in [-0.05, 0) is 11.4 Å². The van der Waals surface area contributed by atoms with Crippen molar-refractivity contribution in [3.8, 4) is 0 Å². The van der Waals surface area contributed by atoms with Crippen LogP contribution in [0.15, 0.2) is 17.5 Å². The Morgan fingerprint density at radius 1 is 1.82 bits per heavy atom. The topological polar surface area (TPSA) is 29.1 Å². The van der Waals surface area contributed by atoms with E-state index in [0.717, 1.165) is 4.88 Å². The molecule has 4 heteroatoms. The van der Waals surface area contributed by atoms with E-state index in [9.17, 15) is 4.79 Å². The highest BCUT2D eigenvalue weighted by Gasteiger charge is 2.15. The molecule has 0 aliphatic heterocycles. The third kappa shape index (κ3) is 2.04. The molecule has 1 N–H and O–H groups in total. The fraction of sp³-hybridized carbons (Fsp3) is 0.286. The Kier molecular flexibility index (Phi) is 3.08. The maximum Gasteiger partial charge on any atom is 0.238 e. The molecule has 1 rings (SSSR count). The summed E-state index contributed by atoms with van der Waals surface area (Å²) in [6.45, 7) is 0. The minimum absolute atomic E-state index is 0.00699. The molecule has 0 bridgehead atoms. The van der Waals surface area contributed by atoms with Crippen LogP contribution in [0.5, 0.6) is 0 Å². The van der Waals surface area contributed by atoms with Gasteiger partial charge in [0.05, 0.1) is 0 Å². The van der Waals surface area contributed by atoms with Crippen LogP contribution < -0.4 is 5.32 Å². The molecule has 1 aromatic rings. The number of hydrogen-bond donors (Lipinski definition) is 1. The summed E-state index contributed by atoms with van der Waals surface area (Å²) in [4.78, 5) is 11.9. The Morgan fingerprint density at radius 2 is 2.55 bits per heavy atom. The van der Waals surface area contributed by atoms with Crippen molar-refractivity contribution in [2.24, 2.45) is 0 Å². The van der Waals surface area contributed by atoms with Crippen molar-refractivity contribution in [1.29, 1.82) is 0 Å². The number of carbonyl (C=O) groups is 1. The second-order valence-electron chi connectivity index (χ2n) is 1.99. The Hall–Kier alpha value is -0.350. The van der Waals surface area contributed by atoms with Crippen LogP contribution in [0.1, 0.15) is 9.70 Å². The normalized spacial score (nSPS) is 12.5. The smallest absolute Gasteiger partial charge is 0.238 e. The Balaban J connectivity index is 2.70. The average Bonchev–Trinajstić information content (AvgIpc) is 2.53. The quantitative estimate of drug-likeness (QED) is 0.778. The van der Waals surface area contributed by atoms with Gasteiger partial charge in [-0.15, -0.1) is 11.3 Å². The molecule has 0 saturated carbocycles. The first-order valence-corrected chi connectivity index (χ1v) is 4.94. The number of nitrogens with one attached hydrogen (secondary N) is 1. The first-order valence-electron chi connectivity index (χ1n) is 3.14. The summed E-state index contributed by atoms with van der Waals surface area (Å²) in [5, 5.41) is 4.52. The lowest BCUT2D eigenvalue weighted by Crippen LogP contribution is -2.21. The van der Waals surface area contributed by atoms with E-state index in [1.165, 1.54) is 0 Å². The summed E-state index contributed by atoms with van der Waals surface area (Å²) in [7, 11) is 1.63. The highest BCUT2D eigenvalue weighted by molar-refractivity contribution is 9.09. The Labute approximate surface area is 77.7 Å². The van der Waals surface area contributed by atoms with Gasteiger partial charge >= 0.3 is 0 Å². The van der Waals surface area contributed by atoms with E-state index >= 15 is 0 Å². The van der Waals surface area contributed by atoms with Crippen molar-refractivity contribution in [2.45, 2.75) is 4.83 Å². The fourth-order valence-corrected chi connectivity index (χ4v) is 2.09. The molecular weight excluding hydrogens is 226 g/mol. The number of halogens is 1. The van der Waals surface area contributed by atoms with E-state index < -0.39 is 0 Å². The molecule has 1 aromatic heterocycles. The first kappa shape index (κ1) is 8.74. The van der Waals surface area contributed by atoms with Gasteiger partial charge < -0.3 is 5.32 Å². The van der Waals surface area contributed by atoms with Gasteiger partial charge in [0.25, 0.3) is 0 Å². The second kappa shape index (κ2) is 3.88. The van der Waals surface area contributed by atoms with Gasteiger partial charge in [0, 0.05) is 11.9 Å². The number of likely N-dealkylation sites (N-methyl/N-ethyl adjacent to an activating group) is 1. The third-order valence-electron chi connectivity index (χ3n) is 1.27. The average molecular weight is 234 g/mol. The number of amides is 1. The first-order chi connectivity index (χ1) is 5.25. The summed E-state index contributed by atoms with van der Waals surface area (Å²) in [6.07, 6.45) is 0. The van der Waals surface area contributed by atoms with Gasteiger partial charge in [-0.1, -0.05) is 22.0 Å². The van der Waals surface area contributed by atoms with Crippen molar-refractivity contribution in [2.75, 3.05) is 7.05 Å². The maximum absolute atomic E-state index is 11.1. The van der Waals surface area contributed by atoms with Crippen molar-refractivity contribution in [1.82, 2.24) is 5.32 Å². The number of alkyl halides is 1. The maximum atomic E-state index is 11.1. The van der Waals surface area contributed by atoms with Gasteiger partial charge in [-0.25, -0.2) is 0 Å². The molecule has 2 nitrogen and oxygen atoms in total. The van der Waals surface area contributed by atoms with Crippen LogP contribution in [-0.2, 0) is 4.79 Å². The van der Waals surface area contributed by atoms with Crippen LogP contribution in [0, 0.1) is 0 Å².